The van der Waals surface area contributed by atoms with Gasteiger partial charge in [0.25, 0.3) is 0 Å². The first-order valence-electron chi connectivity index (χ1n) is 10.7. The highest BCUT2D eigenvalue weighted by molar-refractivity contribution is 7.98. The minimum atomic E-state index is -3.73. The molecule has 3 aromatic rings. The van der Waals surface area contributed by atoms with Gasteiger partial charge in [0.15, 0.2) is 0 Å². The molecule has 0 saturated carbocycles. The van der Waals surface area contributed by atoms with Gasteiger partial charge >= 0.3 is 0 Å². The molecule has 9 heteroatoms. The van der Waals surface area contributed by atoms with Gasteiger partial charge in [-0.1, -0.05) is 36.4 Å². The average molecular weight is 503 g/mol. The summed E-state index contributed by atoms with van der Waals surface area (Å²) >= 11 is 1.49. The van der Waals surface area contributed by atoms with Gasteiger partial charge in [-0.2, -0.15) is 11.8 Å². The molecule has 0 radical (unpaired) electrons. The Morgan fingerprint density at radius 2 is 1.62 bits per heavy atom. The number of anilines is 1. The van der Waals surface area contributed by atoms with E-state index in [0.717, 1.165) is 10.6 Å². The highest BCUT2D eigenvalue weighted by Crippen LogP contribution is 2.27. The van der Waals surface area contributed by atoms with E-state index < -0.39 is 22.0 Å². The van der Waals surface area contributed by atoms with Crippen molar-refractivity contribution in [1.82, 2.24) is 5.32 Å². The van der Waals surface area contributed by atoms with Crippen molar-refractivity contribution in [3.8, 4) is 11.5 Å². The number of thioether (sulfide) groups is 1. The topological polar surface area (TPSA) is 75.7 Å². The summed E-state index contributed by atoms with van der Waals surface area (Å²) in [7, 11) is -3.73. The van der Waals surface area contributed by atoms with E-state index >= 15 is 0 Å². The van der Waals surface area contributed by atoms with Crippen molar-refractivity contribution in [3.05, 3.63) is 90.2 Å². The molecule has 180 valence electrons. The number of benzene rings is 3. The zero-order chi connectivity index (χ0) is 24.6. The molecule has 3 aromatic carbocycles. The standard InChI is InChI=1S/C25H27FN2O4S2/c1-19(25(29)27-16-17-33-18-20-8-6-7-11-24(20)26)28(34(2,30)31)21-12-14-23(15-13-21)32-22-9-4-3-5-10-22/h3-15,19H,16-18H2,1-2H3,(H,27,29). The fraction of sp³-hybridized carbons (Fsp3) is 0.240. The molecule has 0 fully saturated rings. The zero-order valence-electron chi connectivity index (χ0n) is 19.0. The van der Waals surface area contributed by atoms with Crippen LogP contribution >= 0.6 is 11.8 Å². The number of nitrogens with zero attached hydrogens (tertiary/aromatic N) is 1. The van der Waals surface area contributed by atoms with Crippen LogP contribution in [-0.2, 0) is 20.6 Å². The Morgan fingerprint density at radius 1 is 1.00 bits per heavy atom. The van der Waals surface area contributed by atoms with E-state index in [2.05, 4.69) is 5.32 Å². The van der Waals surface area contributed by atoms with Gasteiger partial charge in [-0.05, 0) is 55.0 Å². The molecule has 0 aliphatic rings. The maximum Gasteiger partial charge on any atom is 0.243 e. The normalized spacial score (nSPS) is 12.1. The van der Waals surface area contributed by atoms with Gasteiger partial charge in [0.05, 0.1) is 11.9 Å². The van der Waals surface area contributed by atoms with Crippen molar-refractivity contribution in [2.45, 2.75) is 18.7 Å². The first-order valence-corrected chi connectivity index (χ1v) is 13.7. The van der Waals surface area contributed by atoms with Crippen molar-refractivity contribution >= 4 is 33.4 Å². The molecule has 0 aliphatic carbocycles. The molecule has 1 atom stereocenters. The van der Waals surface area contributed by atoms with Crippen LogP contribution in [0.15, 0.2) is 78.9 Å². The van der Waals surface area contributed by atoms with Crippen molar-refractivity contribution in [3.63, 3.8) is 0 Å². The molecular formula is C25H27FN2O4S2. The Bertz CT molecular complexity index is 1190. The Kier molecular flexibility index (Phi) is 8.95. The van der Waals surface area contributed by atoms with E-state index in [9.17, 15) is 17.6 Å². The maximum atomic E-state index is 13.7. The van der Waals surface area contributed by atoms with Crippen LogP contribution in [0.25, 0.3) is 0 Å². The fourth-order valence-corrected chi connectivity index (χ4v) is 5.31. The molecule has 6 nitrogen and oxygen atoms in total. The Hall–Kier alpha value is -3.04. The van der Waals surface area contributed by atoms with E-state index in [4.69, 9.17) is 4.74 Å². The van der Waals surface area contributed by atoms with E-state index in [0.29, 0.717) is 40.8 Å². The predicted molar refractivity (Wildman–Crippen MR) is 135 cm³/mol. The third-order valence-corrected chi connectivity index (χ3v) is 7.17. The molecular weight excluding hydrogens is 475 g/mol. The van der Waals surface area contributed by atoms with Crippen LogP contribution in [0.5, 0.6) is 11.5 Å². The summed E-state index contributed by atoms with van der Waals surface area (Å²) in [5, 5.41) is 2.77. The molecule has 34 heavy (non-hydrogen) atoms. The van der Waals surface area contributed by atoms with Crippen molar-refractivity contribution in [2.24, 2.45) is 0 Å². The Balaban J connectivity index is 1.57. The number of ether oxygens (including phenoxy) is 1. The van der Waals surface area contributed by atoms with Crippen LogP contribution in [0.4, 0.5) is 10.1 Å². The van der Waals surface area contributed by atoms with Crippen LogP contribution < -0.4 is 14.4 Å². The SMILES string of the molecule is CC(C(=O)NCCSCc1ccccc1F)N(c1ccc(Oc2ccccc2)cc1)S(C)(=O)=O. The van der Waals surface area contributed by atoms with Crippen LogP contribution in [0, 0.1) is 5.82 Å². The summed E-state index contributed by atoms with van der Waals surface area (Å²) in [4.78, 5) is 12.7. The second-order valence-corrected chi connectivity index (χ2v) is 10.5. The van der Waals surface area contributed by atoms with Crippen molar-refractivity contribution in [1.29, 1.82) is 0 Å². The zero-order valence-corrected chi connectivity index (χ0v) is 20.6. The molecule has 1 unspecified atom stereocenters. The molecule has 3 rings (SSSR count). The fourth-order valence-electron chi connectivity index (χ4n) is 3.29. The number of carbonyl (C=O) groups is 1. The lowest BCUT2D eigenvalue weighted by Gasteiger charge is -2.28. The first kappa shape index (κ1) is 25.6. The van der Waals surface area contributed by atoms with Gasteiger partial charge in [-0.25, -0.2) is 12.8 Å². The van der Waals surface area contributed by atoms with Gasteiger partial charge in [0.2, 0.25) is 15.9 Å². The lowest BCUT2D eigenvalue weighted by atomic mass is 10.2. The Labute approximate surface area is 204 Å². The highest BCUT2D eigenvalue weighted by atomic mass is 32.2. The molecule has 0 bridgehead atoms. The third-order valence-electron chi connectivity index (χ3n) is 4.92. The number of para-hydroxylation sites is 1. The highest BCUT2D eigenvalue weighted by Gasteiger charge is 2.29. The predicted octanol–water partition coefficient (Wildman–Crippen LogP) is 4.82. The lowest BCUT2D eigenvalue weighted by Crippen LogP contribution is -2.48. The van der Waals surface area contributed by atoms with Gasteiger partial charge in [-0.3, -0.25) is 9.10 Å². The summed E-state index contributed by atoms with van der Waals surface area (Å²) in [6.07, 6.45) is 1.06. The van der Waals surface area contributed by atoms with Crippen molar-refractivity contribution in [2.75, 3.05) is 22.9 Å². The number of halogens is 1. The summed E-state index contributed by atoms with van der Waals surface area (Å²) < 4.78 is 45.5. The van der Waals surface area contributed by atoms with Crippen LogP contribution in [0.3, 0.4) is 0 Å². The van der Waals surface area contributed by atoms with Crippen LogP contribution in [0.1, 0.15) is 12.5 Å². The molecule has 0 heterocycles. The number of hydrogen-bond donors (Lipinski definition) is 1. The number of sulfonamides is 1. The van der Waals surface area contributed by atoms with E-state index in [1.165, 1.54) is 24.8 Å². The smallest absolute Gasteiger partial charge is 0.243 e. The summed E-state index contributed by atoms with van der Waals surface area (Å²) in [5.41, 5.74) is 0.967. The minimum Gasteiger partial charge on any atom is -0.457 e. The second-order valence-electron chi connectivity index (χ2n) is 7.58. The number of carbonyl (C=O) groups excluding carboxylic acids is 1. The summed E-state index contributed by atoms with van der Waals surface area (Å²) in [6.45, 7) is 1.88. The molecule has 0 aromatic heterocycles. The lowest BCUT2D eigenvalue weighted by molar-refractivity contribution is -0.121. The molecule has 0 aliphatic heterocycles. The van der Waals surface area contributed by atoms with Crippen LogP contribution in [0.2, 0.25) is 0 Å². The van der Waals surface area contributed by atoms with E-state index in [-0.39, 0.29) is 5.82 Å². The average Bonchev–Trinajstić information content (AvgIpc) is 2.81. The van der Waals surface area contributed by atoms with Gasteiger partial charge in [-0.15, -0.1) is 0 Å². The number of nitrogens with one attached hydrogen (secondary N) is 1. The molecule has 0 saturated heterocycles. The second kappa shape index (κ2) is 11.9. The Morgan fingerprint density at radius 3 is 2.26 bits per heavy atom. The van der Waals surface area contributed by atoms with E-state index in [1.54, 1.807) is 42.5 Å². The largest absolute Gasteiger partial charge is 0.457 e. The summed E-state index contributed by atoms with van der Waals surface area (Å²) in [5.74, 6) is 1.60. The molecule has 1 amide bonds. The quantitative estimate of drug-likeness (QED) is 0.381. The van der Waals surface area contributed by atoms with Crippen molar-refractivity contribution < 1.29 is 22.3 Å². The third kappa shape index (κ3) is 7.23. The monoisotopic (exact) mass is 502 g/mol. The molecule has 1 N–H and O–H groups in total. The summed E-state index contributed by atoms with van der Waals surface area (Å²) in [6, 6.07) is 21.4. The van der Waals surface area contributed by atoms with Gasteiger partial charge < -0.3 is 10.1 Å². The van der Waals surface area contributed by atoms with Gasteiger partial charge in [0, 0.05) is 18.1 Å². The number of rotatable bonds is 11. The van der Waals surface area contributed by atoms with Crippen LogP contribution in [-0.4, -0.2) is 38.9 Å². The van der Waals surface area contributed by atoms with E-state index in [1.807, 2.05) is 30.3 Å². The number of hydrogen-bond acceptors (Lipinski definition) is 5. The maximum absolute atomic E-state index is 13.7. The first-order chi connectivity index (χ1) is 16.3. The molecule has 0 spiro atoms. The van der Waals surface area contributed by atoms with Gasteiger partial charge in [0.1, 0.15) is 23.4 Å². The number of amides is 1. The minimum absolute atomic E-state index is 0.253.